The van der Waals surface area contributed by atoms with Crippen molar-refractivity contribution in [2.45, 2.75) is 44.9 Å². The molecule has 1 aromatic carbocycles. The topological polar surface area (TPSA) is 91.1 Å². The molecule has 0 unspecified atom stereocenters. The molecule has 0 saturated carbocycles. The van der Waals surface area contributed by atoms with Crippen LogP contribution in [-0.4, -0.2) is 40.7 Å². The molecule has 1 aromatic heterocycles. The lowest BCUT2D eigenvalue weighted by Gasteiger charge is -2.28. The van der Waals surface area contributed by atoms with Crippen molar-refractivity contribution < 1.29 is 22.7 Å². The van der Waals surface area contributed by atoms with Gasteiger partial charge < -0.3 is 15.0 Å². The van der Waals surface area contributed by atoms with E-state index in [1.54, 1.807) is 11.0 Å². The van der Waals surface area contributed by atoms with Gasteiger partial charge in [0.05, 0.1) is 29.4 Å². The van der Waals surface area contributed by atoms with E-state index in [1.165, 1.54) is 6.07 Å². The van der Waals surface area contributed by atoms with Crippen LogP contribution in [0.1, 0.15) is 46.6 Å². The van der Waals surface area contributed by atoms with E-state index < -0.39 is 17.3 Å². The van der Waals surface area contributed by atoms with Crippen LogP contribution in [0.2, 0.25) is 0 Å². The van der Waals surface area contributed by atoms with E-state index in [2.05, 4.69) is 15.3 Å². The molecule has 4 rings (SSSR count). The molecule has 33 heavy (non-hydrogen) atoms. The highest BCUT2D eigenvalue weighted by atomic mass is 19.4. The lowest BCUT2D eigenvalue weighted by atomic mass is 9.96. The second kappa shape index (κ2) is 9.75. The van der Waals surface area contributed by atoms with Crippen molar-refractivity contribution in [1.82, 2.24) is 20.2 Å². The van der Waals surface area contributed by atoms with Gasteiger partial charge in [0.25, 0.3) is 0 Å². The number of hydrogen-bond donors (Lipinski definition) is 1. The highest BCUT2D eigenvalue weighted by Gasteiger charge is 2.34. The Labute approximate surface area is 189 Å². The van der Waals surface area contributed by atoms with E-state index in [-0.39, 0.29) is 18.1 Å². The van der Waals surface area contributed by atoms with Gasteiger partial charge in [-0.1, -0.05) is 6.07 Å². The summed E-state index contributed by atoms with van der Waals surface area (Å²) in [7, 11) is 0. The third kappa shape index (κ3) is 5.60. The van der Waals surface area contributed by atoms with Crippen LogP contribution < -0.4 is 5.32 Å². The molecule has 0 aliphatic carbocycles. The van der Waals surface area contributed by atoms with Crippen LogP contribution in [0.15, 0.2) is 24.4 Å². The Morgan fingerprint density at radius 1 is 1.30 bits per heavy atom. The lowest BCUT2D eigenvalue weighted by molar-refractivity contribution is -0.137. The number of nitriles is 1. The second-order valence-corrected chi connectivity index (χ2v) is 8.34. The lowest BCUT2D eigenvalue weighted by Crippen LogP contribution is -2.43. The summed E-state index contributed by atoms with van der Waals surface area (Å²) in [5.74, 6) is 1.26. The molecule has 2 aliphatic heterocycles. The molecule has 0 radical (unpaired) electrons. The molecule has 10 heteroatoms. The number of hydrogen-bond acceptors (Lipinski definition) is 5. The number of fused-ring (bicyclic) bond motifs is 1. The van der Waals surface area contributed by atoms with Gasteiger partial charge in [-0.3, -0.25) is 0 Å². The number of benzene rings is 1. The van der Waals surface area contributed by atoms with Gasteiger partial charge in [-0.25, -0.2) is 14.8 Å². The first-order valence-electron chi connectivity index (χ1n) is 10.9. The summed E-state index contributed by atoms with van der Waals surface area (Å²) in [5.41, 5.74) is 0.648. The van der Waals surface area contributed by atoms with Crippen molar-refractivity contribution >= 4 is 6.03 Å². The second-order valence-electron chi connectivity index (χ2n) is 8.34. The van der Waals surface area contributed by atoms with E-state index in [4.69, 9.17) is 10.00 Å². The molecule has 2 amide bonds. The number of aromatic nitrogens is 2. The summed E-state index contributed by atoms with van der Waals surface area (Å²) in [6.07, 6.45) is 0.574. The molecule has 1 fully saturated rings. The van der Waals surface area contributed by atoms with Crippen molar-refractivity contribution in [3.8, 4) is 6.07 Å². The predicted molar refractivity (Wildman–Crippen MR) is 112 cm³/mol. The monoisotopic (exact) mass is 459 g/mol. The molecular weight excluding hydrogens is 435 g/mol. The molecule has 0 spiro atoms. The molecule has 0 atom stereocenters. The molecule has 174 valence electrons. The van der Waals surface area contributed by atoms with E-state index in [1.807, 2.05) is 6.20 Å². The quantitative estimate of drug-likeness (QED) is 0.755. The van der Waals surface area contributed by atoms with Crippen LogP contribution >= 0.6 is 0 Å². The fourth-order valence-electron chi connectivity index (χ4n) is 4.15. The minimum absolute atomic E-state index is 0.0737. The summed E-state index contributed by atoms with van der Waals surface area (Å²) in [5, 5.41) is 11.6. The number of nitrogens with zero attached hydrogens (tertiary/aromatic N) is 4. The number of urea groups is 1. The predicted octanol–water partition coefficient (Wildman–Crippen LogP) is 3.60. The number of alkyl halides is 3. The Bertz CT molecular complexity index is 1060. The Morgan fingerprint density at radius 3 is 2.82 bits per heavy atom. The average molecular weight is 459 g/mol. The normalized spacial score (nSPS) is 16.7. The van der Waals surface area contributed by atoms with Crippen molar-refractivity contribution in [3.63, 3.8) is 0 Å². The van der Waals surface area contributed by atoms with Crippen molar-refractivity contribution in [1.29, 1.82) is 5.26 Å². The fraction of sp³-hybridized carbons (Fsp3) is 0.478. The minimum atomic E-state index is -4.64. The standard InChI is InChI=1S/C23H24F3N5O2/c24-23(25,26)19-9-16(1-2-17(19)11-27)12-29-22(32)31-6-3-18-13-28-21(30-20(18)14-31)10-15-4-7-33-8-5-15/h1-2,9,13,15H,3-8,10,12,14H2,(H,29,32). The van der Waals surface area contributed by atoms with Crippen LogP contribution in [0.5, 0.6) is 0 Å². The molecule has 2 aliphatic rings. The first kappa shape index (κ1) is 23.0. The fourth-order valence-corrected chi connectivity index (χ4v) is 4.15. The number of nitrogens with one attached hydrogen (secondary N) is 1. The molecule has 7 nitrogen and oxygen atoms in total. The Kier molecular flexibility index (Phi) is 6.79. The van der Waals surface area contributed by atoms with Gasteiger partial charge in [0.1, 0.15) is 5.82 Å². The Balaban J connectivity index is 1.38. The maximum atomic E-state index is 13.2. The summed E-state index contributed by atoms with van der Waals surface area (Å²) < 4.78 is 44.9. The van der Waals surface area contributed by atoms with Gasteiger partial charge in [-0.05, 0) is 48.4 Å². The van der Waals surface area contributed by atoms with Crippen molar-refractivity contribution in [2.24, 2.45) is 5.92 Å². The van der Waals surface area contributed by atoms with Crippen LogP contribution in [0.25, 0.3) is 0 Å². The largest absolute Gasteiger partial charge is 0.417 e. The highest BCUT2D eigenvalue weighted by Crippen LogP contribution is 2.32. The average Bonchev–Trinajstić information content (AvgIpc) is 2.82. The number of carbonyl (C=O) groups excluding carboxylic acids is 1. The van der Waals surface area contributed by atoms with Crippen LogP contribution in [-0.2, 0) is 36.8 Å². The maximum absolute atomic E-state index is 13.2. The van der Waals surface area contributed by atoms with E-state index in [0.29, 0.717) is 25.4 Å². The van der Waals surface area contributed by atoms with E-state index in [0.717, 1.165) is 61.7 Å². The zero-order valence-corrected chi connectivity index (χ0v) is 18.0. The maximum Gasteiger partial charge on any atom is 0.417 e. The number of ether oxygens (including phenoxy) is 1. The molecule has 1 saturated heterocycles. The summed E-state index contributed by atoms with van der Waals surface area (Å²) in [4.78, 5) is 23.4. The number of rotatable bonds is 4. The van der Waals surface area contributed by atoms with Gasteiger partial charge in [0, 0.05) is 38.9 Å². The minimum Gasteiger partial charge on any atom is -0.381 e. The van der Waals surface area contributed by atoms with Gasteiger partial charge in [-0.15, -0.1) is 0 Å². The van der Waals surface area contributed by atoms with E-state index >= 15 is 0 Å². The van der Waals surface area contributed by atoms with Crippen LogP contribution in [0, 0.1) is 17.2 Å². The summed E-state index contributed by atoms with van der Waals surface area (Å²) >= 11 is 0. The molecular formula is C23H24F3N5O2. The van der Waals surface area contributed by atoms with E-state index in [9.17, 15) is 18.0 Å². The number of carbonyl (C=O) groups is 1. The van der Waals surface area contributed by atoms with Crippen LogP contribution in [0.4, 0.5) is 18.0 Å². The zero-order valence-electron chi connectivity index (χ0n) is 18.0. The van der Waals surface area contributed by atoms with Crippen LogP contribution in [0.3, 0.4) is 0 Å². The molecule has 3 heterocycles. The summed E-state index contributed by atoms with van der Waals surface area (Å²) in [6, 6.07) is 4.62. The number of amides is 2. The van der Waals surface area contributed by atoms with Gasteiger partial charge >= 0.3 is 12.2 Å². The van der Waals surface area contributed by atoms with Gasteiger partial charge in [0.15, 0.2) is 0 Å². The third-order valence-corrected chi connectivity index (χ3v) is 6.05. The first-order chi connectivity index (χ1) is 15.8. The first-order valence-corrected chi connectivity index (χ1v) is 10.9. The molecule has 2 aromatic rings. The smallest absolute Gasteiger partial charge is 0.381 e. The highest BCUT2D eigenvalue weighted by molar-refractivity contribution is 5.74. The molecule has 0 bridgehead atoms. The Morgan fingerprint density at radius 2 is 2.09 bits per heavy atom. The SMILES string of the molecule is N#Cc1ccc(CNC(=O)N2CCc3cnc(CC4CCOCC4)nc3C2)cc1C(F)(F)F. The van der Waals surface area contributed by atoms with Crippen molar-refractivity contribution in [2.75, 3.05) is 19.8 Å². The Hall–Kier alpha value is -3.19. The van der Waals surface area contributed by atoms with Gasteiger partial charge in [-0.2, -0.15) is 18.4 Å². The van der Waals surface area contributed by atoms with Gasteiger partial charge in [0.2, 0.25) is 0 Å². The zero-order chi connectivity index (χ0) is 23.4. The number of halogens is 3. The van der Waals surface area contributed by atoms with Crippen molar-refractivity contribution in [3.05, 3.63) is 58.2 Å². The molecule has 1 N–H and O–H groups in total. The summed E-state index contributed by atoms with van der Waals surface area (Å²) in [6.45, 7) is 2.24. The third-order valence-electron chi connectivity index (χ3n) is 6.05.